The van der Waals surface area contributed by atoms with Crippen LogP contribution >= 0.6 is 24.8 Å². The second-order valence-electron chi connectivity index (χ2n) is 7.88. The number of hydrogen-bond donors (Lipinski definition) is 3. The highest BCUT2D eigenvalue weighted by Gasteiger charge is 2.26. The van der Waals surface area contributed by atoms with Crippen LogP contribution in [0, 0.1) is 5.92 Å². The number of rotatable bonds is 7. The molecule has 29 heavy (non-hydrogen) atoms. The van der Waals surface area contributed by atoms with Gasteiger partial charge in [-0.3, -0.25) is 9.59 Å². The summed E-state index contributed by atoms with van der Waals surface area (Å²) >= 11 is 0. The Balaban J connectivity index is 0.00000210. The highest BCUT2D eigenvalue weighted by atomic mass is 35.5. The molecule has 6 nitrogen and oxygen atoms in total. The predicted molar refractivity (Wildman–Crippen MR) is 123 cm³/mol. The summed E-state index contributed by atoms with van der Waals surface area (Å²) < 4.78 is 0. The first-order valence-corrected chi connectivity index (χ1v) is 10.3. The van der Waals surface area contributed by atoms with E-state index in [1.54, 1.807) is 0 Å². The van der Waals surface area contributed by atoms with Crippen LogP contribution in [-0.4, -0.2) is 42.4 Å². The minimum atomic E-state index is 0. The van der Waals surface area contributed by atoms with E-state index < -0.39 is 0 Å². The Hall–Kier alpha value is -1.34. The molecule has 1 aromatic rings. The highest BCUT2D eigenvalue weighted by Crippen LogP contribution is 2.27. The van der Waals surface area contributed by atoms with E-state index in [4.69, 9.17) is 5.73 Å². The zero-order valence-electron chi connectivity index (χ0n) is 16.9. The summed E-state index contributed by atoms with van der Waals surface area (Å²) in [5.41, 5.74) is 7.54. The average Bonchev–Trinajstić information content (AvgIpc) is 3.07. The Kier molecular flexibility index (Phi) is 11.6. The fourth-order valence-corrected chi connectivity index (χ4v) is 4.07. The normalized spacial score (nSPS) is 21.6. The van der Waals surface area contributed by atoms with Crippen molar-refractivity contribution in [3.63, 3.8) is 0 Å². The van der Waals surface area contributed by atoms with Crippen LogP contribution in [0.15, 0.2) is 24.3 Å². The van der Waals surface area contributed by atoms with Crippen molar-refractivity contribution in [1.82, 2.24) is 4.90 Å². The molecule has 0 aromatic heterocycles. The quantitative estimate of drug-likeness (QED) is 0.596. The lowest BCUT2D eigenvalue weighted by molar-refractivity contribution is -0.117. The molecule has 0 unspecified atom stereocenters. The molecule has 4 N–H and O–H groups in total. The second kappa shape index (κ2) is 13.1. The number of nitrogens with two attached hydrogens (primary N) is 1. The van der Waals surface area contributed by atoms with Crippen LogP contribution in [0.2, 0.25) is 0 Å². The van der Waals surface area contributed by atoms with E-state index in [0.29, 0.717) is 18.8 Å². The predicted octanol–water partition coefficient (Wildman–Crippen LogP) is 3.80. The highest BCUT2D eigenvalue weighted by molar-refractivity contribution is 5.93. The molecule has 1 heterocycles. The lowest BCUT2D eigenvalue weighted by atomic mass is 10.00. The van der Waals surface area contributed by atoms with E-state index >= 15 is 0 Å². The zero-order valence-corrected chi connectivity index (χ0v) is 18.5. The zero-order chi connectivity index (χ0) is 19.1. The fraction of sp³-hybridized carbons (Fsp3) is 0.619. The van der Waals surface area contributed by atoms with Gasteiger partial charge in [0.15, 0.2) is 0 Å². The van der Waals surface area contributed by atoms with Crippen molar-refractivity contribution in [1.29, 1.82) is 0 Å². The van der Waals surface area contributed by atoms with Crippen LogP contribution in [0.4, 0.5) is 11.4 Å². The number of hydrogen-bond acceptors (Lipinski definition) is 4. The summed E-state index contributed by atoms with van der Waals surface area (Å²) in [6.07, 6.45) is 7.95. The van der Waals surface area contributed by atoms with Crippen molar-refractivity contribution in [2.24, 2.45) is 11.7 Å². The Morgan fingerprint density at radius 1 is 0.897 bits per heavy atom. The monoisotopic (exact) mass is 444 g/mol. The van der Waals surface area contributed by atoms with Gasteiger partial charge in [-0.15, -0.1) is 24.8 Å². The van der Waals surface area contributed by atoms with Crippen LogP contribution in [0.25, 0.3) is 0 Å². The maximum atomic E-state index is 12.2. The van der Waals surface area contributed by atoms with Crippen molar-refractivity contribution in [3.05, 3.63) is 24.3 Å². The third-order valence-corrected chi connectivity index (χ3v) is 5.72. The molecule has 1 aliphatic heterocycles. The number of benzene rings is 1. The molecule has 2 aliphatic rings. The van der Waals surface area contributed by atoms with E-state index in [1.807, 2.05) is 24.3 Å². The lowest BCUT2D eigenvalue weighted by Gasteiger charge is -2.25. The van der Waals surface area contributed by atoms with Gasteiger partial charge in [-0.05, 0) is 69.0 Å². The minimum Gasteiger partial charge on any atom is -0.327 e. The number of amides is 2. The number of piperidine rings is 1. The van der Waals surface area contributed by atoms with E-state index in [2.05, 4.69) is 15.5 Å². The van der Waals surface area contributed by atoms with Gasteiger partial charge in [0.25, 0.3) is 0 Å². The van der Waals surface area contributed by atoms with Crippen LogP contribution in [0.1, 0.15) is 51.4 Å². The summed E-state index contributed by atoms with van der Waals surface area (Å²) in [5, 5.41) is 5.86. The standard InChI is InChI=1S/C21H32N4O2.2ClH/c22-19-6-4-5-16(19)15-21(27)24-18-9-7-17(8-10-18)23-20(26)11-14-25-12-2-1-3-13-25;;/h7-10,16,19H,1-6,11-15,22H2,(H,23,26)(H,24,27);2*1H/t16-,19+;;/m0../s1. The smallest absolute Gasteiger partial charge is 0.225 e. The van der Waals surface area contributed by atoms with Gasteiger partial charge in [0.05, 0.1) is 0 Å². The van der Waals surface area contributed by atoms with E-state index in [1.165, 1.54) is 19.3 Å². The number of carbonyl (C=O) groups excluding carboxylic acids is 2. The summed E-state index contributed by atoms with van der Waals surface area (Å²) in [6, 6.07) is 7.46. The van der Waals surface area contributed by atoms with E-state index in [-0.39, 0.29) is 42.7 Å². The molecule has 2 atom stereocenters. The van der Waals surface area contributed by atoms with Gasteiger partial charge < -0.3 is 21.3 Å². The summed E-state index contributed by atoms with van der Waals surface area (Å²) in [4.78, 5) is 26.7. The maximum absolute atomic E-state index is 12.2. The molecule has 0 spiro atoms. The minimum absolute atomic E-state index is 0. The molecule has 2 amide bonds. The second-order valence-corrected chi connectivity index (χ2v) is 7.88. The number of anilines is 2. The molecule has 1 saturated carbocycles. The van der Waals surface area contributed by atoms with Crippen molar-refractivity contribution < 1.29 is 9.59 Å². The molecule has 1 aromatic carbocycles. The van der Waals surface area contributed by atoms with Crippen LogP contribution in [-0.2, 0) is 9.59 Å². The molecular weight excluding hydrogens is 411 g/mol. The summed E-state index contributed by atoms with van der Waals surface area (Å²) in [7, 11) is 0. The van der Waals surface area contributed by atoms with Gasteiger partial charge in [-0.25, -0.2) is 0 Å². The molecular formula is C21H34Cl2N4O2. The van der Waals surface area contributed by atoms with Crippen LogP contribution in [0.3, 0.4) is 0 Å². The number of nitrogens with one attached hydrogen (secondary N) is 2. The molecule has 1 saturated heterocycles. The first kappa shape index (κ1) is 25.7. The van der Waals surface area contributed by atoms with Crippen LogP contribution < -0.4 is 16.4 Å². The Labute approximate surface area is 186 Å². The van der Waals surface area contributed by atoms with Gasteiger partial charge >= 0.3 is 0 Å². The van der Waals surface area contributed by atoms with Crippen molar-refractivity contribution >= 4 is 48.0 Å². The molecule has 3 rings (SSSR count). The molecule has 1 aliphatic carbocycles. The maximum Gasteiger partial charge on any atom is 0.225 e. The summed E-state index contributed by atoms with van der Waals surface area (Å²) in [5.74, 6) is 0.340. The van der Waals surface area contributed by atoms with Gasteiger partial charge in [-0.1, -0.05) is 12.8 Å². The molecule has 164 valence electrons. The van der Waals surface area contributed by atoms with Crippen molar-refractivity contribution in [2.75, 3.05) is 30.3 Å². The van der Waals surface area contributed by atoms with Crippen molar-refractivity contribution in [2.45, 2.75) is 57.4 Å². The molecule has 0 bridgehead atoms. The van der Waals surface area contributed by atoms with Crippen LogP contribution in [0.5, 0.6) is 0 Å². The SMILES string of the molecule is Cl.Cl.N[C@@H]1CCC[C@H]1CC(=O)Nc1ccc(NC(=O)CCN2CCCCC2)cc1. The van der Waals surface area contributed by atoms with E-state index in [0.717, 1.165) is 50.3 Å². The topological polar surface area (TPSA) is 87.5 Å². The Bertz CT molecular complexity index is 636. The van der Waals surface area contributed by atoms with Gasteiger partial charge in [0.2, 0.25) is 11.8 Å². The molecule has 2 fully saturated rings. The molecule has 8 heteroatoms. The lowest BCUT2D eigenvalue weighted by Crippen LogP contribution is -2.32. The third kappa shape index (κ3) is 8.51. The van der Waals surface area contributed by atoms with E-state index in [9.17, 15) is 9.59 Å². The number of likely N-dealkylation sites (tertiary alicyclic amines) is 1. The number of carbonyl (C=O) groups is 2. The number of nitrogens with zero attached hydrogens (tertiary/aromatic N) is 1. The largest absolute Gasteiger partial charge is 0.327 e. The Morgan fingerprint density at radius 2 is 1.48 bits per heavy atom. The van der Waals surface area contributed by atoms with Gasteiger partial charge in [0, 0.05) is 36.8 Å². The first-order valence-electron chi connectivity index (χ1n) is 10.3. The van der Waals surface area contributed by atoms with Gasteiger partial charge in [-0.2, -0.15) is 0 Å². The average molecular weight is 445 g/mol. The fourth-order valence-electron chi connectivity index (χ4n) is 4.07. The third-order valence-electron chi connectivity index (χ3n) is 5.72. The van der Waals surface area contributed by atoms with Crippen molar-refractivity contribution in [3.8, 4) is 0 Å². The Morgan fingerprint density at radius 3 is 2.03 bits per heavy atom. The molecule has 0 radical (unpaired) electrons. The first-order chi connectivity index (χ1) is 13.1. The van der Waals surface area contributed by atoms with Gasteiger partial charge in [0.1, 0.15) is 0 Å². The summed E-state index contributed by atoms with van der Waals surface area (Å²) in [6.45, 7) is 3.03. The number of halogens is 2.